The van der Waals surface area contributed by atoms with Gasteiger partial charge in [0.2, 0.25) is 0 Å². The van der Waals surface area contributed by atoms with Crippen LogP contribution in [-0.2, 0) is 12.8 Å². The van der Waals surface area contributed by atoms with Crippen LogP contribution in [0.5, 0.6) is 0 Å². The molecule has 0 bridgehead atoms. The van der Waals surface area contributed by atoms with Crippen LogP contribution in [0.3, 0.4) is 0 Å². The topological polar surface area (TPSA) is 74.4 Å². The van der Waals surface area contributed by atoms with E-state index >= 15 is 0 Å². The smallest absolute Gasteiger partial charge is 0.423 e. The lowest BCUT2D eigenvalue weighted by molar-refractivity contribution is 0.426. The molecule has 2 N–H and O–H groups in total. The summed E-state index contributed by atoms with van der Waals surface area (Å²) in [6.07, 6.45) is 0. The minimum Gasteiger partial charge on any atom is -0.423 e. The van der Waals surface area contributed by atoms with Crippen molar-refractivity contribution in [2.24, 2.45) is 7.05 Å². The molecule has 1 heterocycles. The molecular formula is C18H21BN4O2S. The Morgan fingerprint density at radius 2 is 1.65 bits per heavy atom. The van der Waals surface area contributed by atoms with Gasteiger partial charge in [0.1, 0.15) is 0 Å². The van der Waals surface area contributed by atoms with Crippen LogP contribution in [0.15, 0.2) is 53.7 Å². The summed E-state index contributed by atoms with van der Waals surface area (Å²) >= 11 is 1.59. The minimum atomic E-state index is -1.43. The molecule has 0 saturated carbocycles. The highest BCUT2D eigenvalue weighted by molar-refractivity contribution is 7.98. The van der Waals surface area contributed by atoms with Gasteiger partial charge in [0.15, 0.2) is 11.0 Å². The standard InChI is InChI=1S/C18H21BN4O2S/c1-22(2)16-10-6-14(7-11-16)17-20-21-18(23(17)3)26-12-13-4-8-15(9-5-13)19(24)25/h4-11,24-25H,12H2,1-3H3. The lowest BCUT2D eigenvalue weighted by atomic mass is 9.80. The van der Waals surface area contributed by atoms with Crippen molar-refractivity contribution in [3.05, 3.63) is 54.1 Å². The molecule has 0 saturated heterocycles. The normalized spacial score (nSPS) is 10.8. The van der Waals surface area contributed by atoms with E-state index in [1.165, 1.54) is 0 Å². The first kappa shape index (κ1) is 18.5. The van der Waals surface area contributed by atoms with Crippen LogP contribution in [0.4, 0.5) is 5.69 Å². The summed E-state index contributed by atoms with van der Waals surface area (Å²) in [5, 5.41) is 27.7. The summed E-state index contributed by atoms with van der Waals surface area (Å²) in [6, 6.07) is 15.4. The second-order valence-electron chi connectivity index (χ2n) is 6.21. The number of anilines is 1. The number of hydrogen-bond acceptors (Lipinski definition) is 6. The van der Waals surface area contributed by atoms with E-state index in [4.69, 9.17) is 10.0 Å². The molecule has 134 valence electrons. The summed E-state index contributed by atoms with van der Waals surface area (Å²) in [6.45, 7) is 0. The maximum atomic E-state index is 9.14. The number of nitrogens with zero attached hydrogens (tertiary/aromatic N) is 4. The molecule has 8 heteroatoms. The molecule has 3 rings (SSSR count). The van der Waals surface area contributed by atoms with Crippen LogP contribution in [0, 0.1) is 0 Å². The van der Waals surface area contributed by atoms with Crippen molar-refractivity contribution in [3.8, 4) is 11.4 Å². The number of thioether (sulfide) groups is 1. The third-order valence-electron chi connectivity index (χ3n) is 4.12. The Morgan fingerprint density at radius 3 is 2.23 bits per heavy atom. The molecule has 0 radical (unpaired) electrons. The summed E-state index contributed by atoms with van der Waals surface area (Å²) in [5.41, 5.74) is 3.74. The van der Waals surface area contributed by atoms with Gasteiger partial charge in [-0.3, -0.25) is 0 Å². The van der Waals surface area contributed by atoms with Crippen molar-refractivity contribution in [1.29, 1.82) is 0 Å². The van der Waals surface area contributed by atoms with Crippen LogP contribution in [0.1, 0.15) is 5.56 Å². The SMILES string of the molecule is CN(C)c1ccc(-c2nnc(SCc3ccc(B(O)O)cc3)n2C)cc1. The first-order chi connectivity index (χ1) is 12.5. The second kappa shape index (κ2) is 7.95. The van der Waals surface area contributed by atoms with Gasteiger partial charge in [0.25, 0.3) is 0 Å². The molecule has 0 fully saturated rings. The monoisotopic (exact) mass is 368 g/mol. The van der Waals surface area contributed by atoms with Gasteiger partial charge in [-0.25, -0.2) is 0 Å². The predicted molar refractivity (Wildman–Crippen MR) is 107 cm³/mol. The fourth-order valence-electron chi connectivity index (χ4n) is 2.53. The van der Waals surface area contributed by atoms with Crippen molar-refractivity contribution >= 4 is 30.0 Å². The zero-order valence-corrected chi connectivity index (χ0v) is 15.8. The first-order valence-electron chi connectivity index (χ1n) is 8.20. The lowest BCUT2D eigenvalue weighted by Crippen LogP contribution is -2.29. The quantitative estimate of drug-likeness (QED) is 0.508. The van der Waals surface area contributed by atoms with E-state index in [2.05, 4.69) is 27.2 Å². The largest absolute Gasteiger partial charge is 0.488 e. The van der Waals surface area contributed by atoms with Gasteiger partial charge in [-0.1, -0.05) is 36.0 Å². The van der Waals surface area contributed by atoms with Crippen LogP contribution >= 0.6 is 11.8 Å². The lowest BCUT2D eigenvalue weighted by Gasteiger charge is -2.12. The number of rotatable bonds is 6. The number of hydrogen-bond donors (Lipinski definition) is 2. The van der Waals surface area contributed by atoms with Gasteiger partial charge >= 0.3 is 7.12 Å². The minimum absolute atomic E-state index is 0.487. The molecule has 0 aliphatic carbocycles. The van der Waals surface area contributed by atoms with E-state index in [9.17, 15) is 0 Å². The van der Waals surface area contributed by atoms with E-state index in [0.717, 1.165) is 33.5 Å². The zero-order chi connectivity index (χ0) is 18.7. The Labute approximate surface area is 157 Å². The van der Waals surface area contributed by atoms with Crippen molar-refractivity contribution in [2.75, 3.05) is 19.0 Å². The van der Waals surface area contributed by atoms with Crippen molar-refractivity contribution < 1.29 is 10.0 Å². The molecule has 0 spiro atoms. The Kier molecular flexibility index (Phi) is 5.66. The Bertz CT molecular complexity index is 864. The average Bonchev–Trinajstić information content (AvgIpc) is 3.01. The Morgan fingerprint density at radius 1 is 1.00 bits per heavy atom. The van der Waals surface area contributed by atoms with Gasteiger partial charge in [0.05, 0.1) is 0 Å². The third kappa shape index (κ3) is 4.09. The average molecular weight is 368 g/mol. The highest BCUT2D eigenvalue weighted by atomic mass is 32.2. The van der Waals surface area contributed by atoms with Gasteiger partial charge in [-0.05, 0) is 35.3 Å². The summed E-state index contributed by atoms with van der Waals surface area (Å²) < 4.78 is 1.99. The van der Waals surface area contributed by atoms with E-state index in [1.54, 1.807) is 23.9 Å². The predicted octanol–water partition coefficient (Wildman–Crippen LogP) is 1.52. The summed E-state index contributed by atoms with van der Waals surface area (Å²) in [7, 11) is 4.56. The molecule has 1 aromatic heterocycles. The second-order valence-corrected chi connectivity index (χ2v) is 7.15. The molecule has 2 aromatic carbocycles. The molecule has 0 atom stereocenters. The highest BCUT2D eigenvalue weighted by Crippen LogP contribution is 2.26. The van der Waals surface area contributed by atoms with E-state index in [0.29, 0.717) is 5.46 Å². The van der Waals surface area contributed by atoms with Gasteiger partial charge in [-0.15, -0.1) is 10.2 Å². The highest BCUT2D eigenvalue weighted by Gasteiger charge is 2.13. The number of benzene rings is 2. The fraction of sp³-hybridized carbons (Fsp3) is 0.222. The molecule has 3 aromatic rings. The first-order valence-corrected chi connectivity index (χ1v) is 9.19. The van der Waals surface area contributed by atoms with Gasteiger partial charge in [0, 0.05) is 38.1 Å². The molecule has 6 nitrogen and oxygen atoms in total. The van der Waals surface area contributed by atoms with Crippen molar-refractivity contribution in [3.63, 3.8) is 0 Å². The molecular weight excluding hydrogens is 347 g/mol. The van der Waals surface area contributed by atoms with Gasteiger partial charge < -0.3 is 19.5 Å². The maximum absolute atomic E-state index is 9.14. The fourth-order valence-corrected chi connectivity index (χ4v) is 3.40. The Hall–Kier alpha value is -2.29. The Balaban J connectivity index is 1.70. The van der Waals surface area contributed by atoms with Crippen LogP contribution in [0.2, 0.25) is 0 Å². The van der Waals surface area contributed by atoms with Crippen molar-refractivity contribution in [2.45, 2.75) is 10.9 Å². The molecule has 26 heavy (non-hydrogen) atoms. The summed E-state index contributed by atoms with van der Waals surface area (Å²) in [4.78, 5) is 2.06. The third-order valence-corrected chi connectivity index (χ3v) is 5.21. The van der Waals surface area contributed by atoms with Crippen LogP contribution < -0.4 is 10.4 Å². The molecule has 0 amide bonds. The maximum Gasteiger partial charge on any atom is 0.488 e. The van der Waals surface area contributed by atoms with Crippen molar-refractivity contribution in [1.82, 2.24) is 14.8 Å². The van der Waals surface area contributed by atoms with Crippen LogP contribution in [0.25, 0.3) is 11.4 Å². The van der Waals surface area contributed by atoms with E-state index in [1.807, 2.05) is 50.0 Å². The molecule has 0 unspecified atom stereocenters. The van der Waals surface area contributed by atoms with E-state index in [-0.39, 0.29) is 0 Å². The van der Waals surface area contributed by atoms with E-state index < -0.39 is 7.12 Å². The van der Waals surface area contributed by atoms with Crippen LogP contribution in [-0.4, -0.2) is 46.0 Å². The molecule has 0 aliphatic heterocycles. The van der Waals surface area contributed by atoms with Gasteiger partial charge in [-0.2, -0.15) is 0 Å². The summed E-state index contributed by atoms with van der Waals surface area (Å²) in [5.74, 6) is 1.56. The number of aromatic nitrogens is 3. The zero-order valence-electron chi connectivity index (χ0n) is 15.0. The molecule has 0 aliphatic rings.